The summed E-state index contributed by atoms with van der Waals surface area (Å²) in [5, 5.41) is 3.44. The molecule has 8 heteroatoms. The monoisotopic (exact) mass is 375 g/mol. The fourth-order valence-electron chi connectivity index (χ4n) is 2.36. The number of aryl methyl sites for hydroxylation is 1. The van der Waals surface area contributed by atoms with Crippen LogP contribution in [0.5, 0.6) is 0 Å². The first-order valence-electron chi connectivity index (χ1n) is 6.84. The summed E-state index contributed by atoms with van der Waals surface area (Å²) in [5.74, 6) is 0.368. The highest BCUT2D eigenvalue weighted by molar-refractivity contribution is 9.10. The van der Waals surface area contributed by atoms with Gasteiger partial charge in [0.05, 0.1) is 0 Å². The van der Waals surface area contributed by atoms with Gasteiger partial charge in [0, 0.05) is 24.3 Å². The van der Waals surface area contributed by atoms with E-state index in [1.165, 1.54) is 17.9 Å². The number of hydrogen-bond acceptors (Lipinski definition) is 5. The maximum atomic E-state index is 12.5. The van der Waals surface area contributed by atoms with Gasteiger partial charge in [-0.05, 0) is 24.6 Å². The summed E-state index contributed by atoms with van der Waals surface area (Å²) in [6, 6.07) is 5.71. The van der Waals surface area contributed by atoms with Gasteiger partial charge in [-0.3, -0.25) is 13.9 Å². The molecule has 0 radical (unpaired) electrons. The van der Waals surface area contributed by atoms with E-state index in [9.17, 15) is 9.59 Å². The quantitative estimate of drug-likeness (QED) is 0.738. The Balaban J connectivity index is 2.29. The molecule has 3 rings (SSSR count). The molecule has 118 valence electrons. The molecule has 0 unspecified atom stereocenters. The molecule has 0 atom stereocenters. The molecular formula is C15H14BrN5O2. The molecular weight excluding hydrogens is 362 g/mol. The summed E-state index contributed by atoms with van der Waals surface area (Å²) < 4.78 is 3.32. The number of fused-ring (bicyclic) bond motifs is 1. The summed E-state index contributed by atoms with van der Waals surface area (Å²) in [5.41, 5.74) is 1.24. The third-order valence-corrected chi connectivity index (χ3v) is 4.62. The Bertz CT molecular complexity index is 1040. The lowest BCUT2D eigenvalue weighted by Crippen LogP contribution is -2.37. The Morgan fingerprint density at radius 3 is 2.61 bits per heavy atom. The molecule has 1 N–H and O–H groups in total. The third kappa shape index (κ3) is 2.44. The van der Waals surface area contributed by atoms with E-state index < -0.39 is 11.2 Å². The van der Waals surface area contributed by atoms with E-state index in [1.54, 1.807) is 7.05 Å². The molecule has 23 heavy (non-hydrogen) atoms. The SMILES string of the molecule is Cc1c(Br)cccc1Nc1ncnc2c1c(=O)n(C)c(=O)n2C. The van der Waals surface area contributed by atoms with Crippen molar-refractivity contribution in [2.75, 3.05) is 5.32 Å². The lowest BCUT2D eigenvalue weighted by molar-refractivity contribution is 0.706. The van der Waals surface area contributed by atoms with Crippen LogP contribution in [0.15, 0.2) is 38.6 Å². The summed E-state index contributed by atoms with van der Waals surface area (Å²) in [6.07, 6.45) is 1.33. The van der Waals surface area contributed by atoms with Crippen LogP contribution in [0.2, 0.25) is 0 Å². The molecule has 0 saturated heterocycles. The summed E-state index contributed by atoms with van der Waals surface area (Å²) in [4.78, 5) is 32.7. The van der Waals surface area contributed by atoms with E-state index in [1.807, 2.05) is 25.1 Å². The van der Waals surface area contributed by atoms with E-state index in [4.69, 9.17) is 0 Å². The molecule has 7 nitrogen and oxygen atoms in total. The van der Waals surface area contributed by atoms with Crippen LogP contribution in [0.4, 0.5) is 11.5 Å². The molecule has 0 saturated carbocycles. The van der Waals surface area contributed by atoms with Crippen molar-refractivity contribution in [1.82, 2.24) is 19.1 Å². The van der Waals surface area contributed by atoms with Gasteiger partial charge in [-0.25, -0.2) is 14.8 Å². The van der Waals surface area contributed by atoms with Crippen molar-refractivity contribution in [2.45, 2.75) is 6.92 Å². The number of anilines is 2. The van der Waals surface area contributed by atoms with Crippen LogP contribution in [0, 0.1) is 6.92 Å². The number of rotatable bonds is 2. The van der Waals surface area contributed by atoms with Gasteiger partial charge in [-0.15, -0.1) is 0 Å². The van der Waals surface area contributed by atoms with Crippen molar-refractivity contribution in [3.05, 3.63) is 55.4 Å². The van der Waals surface area contributed by atoms with E-state index in [0.29, 0.717) is 11.5 Å². The zero-order chi connectivity index (χ0) is 16.7. The zero-order valence-electron chi connectivity index (χ0n) is 12.8. The van der Waals surface area contributed by atoms with E-state index in [-0.39, 0.29) is 5.39 Å². The molecule has 0 aliphatic rings. The molecule has 0 bridgehead atoms. The first kappa shape index (κ1) is 15.4. The Hall–Kier alpha value is -2.48. The molecule has 1 aromatic carbocycles. The summed E-state index contributed by atoms with van der Waals surface area (Å²) in [6.45, 7) is 1.95. The maximum absolute atomic E-state index is 12.5. The molecule has 0 aliphatic heterocycles. The van der Waals surface area contributed by atoms with E-state index >= 15 is 0 Å². The minimum Gasteiger partial charge on any atom is -0.339 e. The van der Waals surface area contributed by atoms with Crippen LogP contribution >= 0.6 is 15.9 Å². The molecule has 3 aromatic rings. The number of halogens is 1. The van der Waals surface area contributed by atoms with Crippen LogP contribution < -0.4 is 16.6 Å². The lowest BCUT2D eigenvalue weighted by atomic mass is 10.2. The fourth-order valence-corrected chi connectivity index (χ4v) is 2.73. The highest BCUT2D eigenvalue weighted by Gasteiger charge is 2.15. The lowest BCUT2D eigenvalue weighted by Gasteiger charge is -2.13. The van der Waals surface area contributed by atoms with Gasteiger partial charge >= 0.3 is 5.69 Å². The standard InChI is InChI=1S/C15H14BrN5O2/c1-8-9(16)5-4-6-10(8)19-12-11-13(18-7-17-12)20(2)15(23)21(3)14(11)22/h4-7H,1-3H3,(H,17,18,19). The van der Waals surface area contributed by atoms with Crippen molar-refractivity contribution < 1.29 is 0 Å². The molecule has 0 aliphatic carbocycles. The van der Waals surface area contributed by atoms with E-state index in [2.05, 4.69) is 31.2 Å². The number of nitrogens with one attached hydrogen (secondary N) is 1. The Morgan fingerprint density at radius 1 is 1.13 bits per heavy atom. The first-order valence-corrected chi connectivity index (χ1v) is 7.64. The largest absolute Gasteiger partial charge is 0.339 e. The molecule has 0 fully saturated rings. The Kier molecular flexibility index (Phi) is 3.77. The Morgan fingerprint density at radius 2 is 1.87 bits per heavy atom. The van der Waals surface area contributed by atoms with Gasteiger partial charge in [0.25, 0.3) is 5.56 Å². The third-order valence-electron chi connectivity index (χ3n) is 3.76. The van der Waals surface area contributed by atoms with Crippen LogP contribution in [0.1, 0.15) is 5.56 Å². The first-order chi connectivity index (χ1) is 10.9. The summed E-state index contributed by atoms with van der Waals surface area (Å²) >= 11 is 3.47. The second kappa shape index (κ2) is 5.62. The molecule has 2 heterocycles. The van der Waals surface area contributed by atoms with Crippen molar-refractivity contribution in [2.24, 2.45) is 14.1 Å². The predicted octanol–water partition coefficient (Wildman–Crippen LogP) is 1.84. The van der Waals surface area contributed by atoms with Crippen LogP contribution in [0.25, 0.3) is 11.0 Å². The topological polar surface area (TPSA) is 81.8 Å². The van der Waals surface area contributed by atoms with Crippen molar-refractivity contribution in [3.8, 4) is 0 Å². The smallest absolute Gasteiger partial charge is 0.332 e. The Labute approximate surface area is 139 Å². The average Bonchev–Trinajstić information content (AvgIpc) is 2.55. The molecule has 0 spiro atoms. The predicted molar refractivity (Wildman–Crippen MR) is 92.2 cm³/mol. The highest BCUT2D eigenvalue weighted by Crippen LogP contribution is 2.27. The van der Waals surface area contributed by atoms with Gasteiger partial charge in [0.15, 0.2) is 5.65 Å². The second-order valence-corrected chi connectivity index (χ2v) is 6.02. The summed E-state index contributed by atoms with van der Waals surface area (Å²) in [7, 11) is 3.01. The number of hydrogen-bond donors (Lipinski definition) is 1. The zero-order valence-corrected chi connectivity index (χ0v) is 14.4. The van der Waals surface area contributed by atoms with Crippen molar-refractivity contribution in [3.63, 3.8) is 0 Å². The van der Waals surface area contributed by atoms with Crippen LogP contribution in [-0.4, -0.2) is 19.1 Å². The number of nitrogens with zero attached hydrogens (tertiary/aromatic N) is 4. The maximum Gasteiger partial charge on any atom is 0.332 e. The van der Waals surface area contributed by atoms with Gasteiger partial charge in [0.1, 0.15) is 17.5 Å². The average molecular weight is 376 g/mol. The molecule has 0 amide bonds. The number of aromatic nitrogens is 4. The molecule has 2 aromatic heterocycles. The van der Waals surface area contributed by atoms with Crippen LogP contribution in [0.3, 0.4) is 0 Å². The van der Waals surface area contributed by atoms with Gasteiger partial charge in [-0.1, -0.05) is 22.0 Å². The highest BCUT2D eigenvalue weighted by atomic mass is 79.9. The van der Waals surface area contributed by atoms with E-state index in [0.717, 1.165) is 20.3 Å². The van der Waals surface area contributed by atoms with Crippen molar-refractivity contribution in [1.29, 1.82) is 0 Å². The van der Waals surface area contributed by atoms with Crippen LogP contribution in [-0.2, 0) is 14.1 Å². The fraction of sp³-hybridized carbons (Fsp3) is 0.200. The van der Waals surface area contributed by atoms with Gasteiger partial charge < -0.3 is 5.32 Å². The normalized spacial score (nSPS) is 11.0. The van der Waals surface area contributed by atoms with Crippen molar-refractivity contribution >= 4 is 38.5 Å². The minimum atomic E-state index is -0.432. The second-order valence-electron chi connectivity index (χ2n) is 5.16. The number of benzene rings is 1. The minimum absolute atomic E-state index is 0.275. The van der Waals surface area contributed by atoms with Gasteiger partial charge in [0.2, 0.25) is 0 Å². The van der Waals surface area contributed by atoms with Gasteiger partial charge in [-0.2, -0.15) is 0 Å².